The second-order valence-electron chi connectivity index (χ2n) is 9.79. The maximum Gasteiger partial charge on any atom is 0.0264 e. The number of hydrogen-bond acceptors (Lipinski definition) is 4. The molecule has 176 valence electrons. The van der Waals surface area contributed by atoms with Gasteiger partial charge >= 0.3 is 0 Å². The summed E-state index contributed by atoms with van der Waals surface area (Å²) in [5.41, 5.74) is 2.85. The zero-order valence-electron chi connectivity index (χ0n) is 21.0. The molecule has 0 aliphatic carbocycles. The number of nitrogens with zero attached hydrogens (tertiary/aromatic N) is 4. The van der Waals surface area contributed by atoms with Crippen LogP contribution in [0.2, 0.25) is 0 Å². The molecule has 4 nitrogen and oxygen atoms in total. The van der Waals surface area contributed by atoms with Crippen LogP contribution in [0.4, 0.5) is 0 Å². The second kappa shape index (κ2) is 12.3. The molecule has 3 rings (SSSR count). The van der Waals surface area contributed by atoms with E-state index in [1.54, 1.807) is 0 Å². The molecule has 0 amide bonds. The first kappa shape index (κ1) is 24.7. The quantitative estimate of drug-likeness (QED) is 0.675. The molecule has 2 heterocycles. The molecule has 2 aliphatic heterocycles. The summed E-state index contributed by atoms with van der Waals surface area (Å²) in [5.74, 6) is 0. The Hall–Kier alpha value is -0.940. The molecule has 2 aliphatic rings. The number of fused-ring (bicyclic) bond motifs is 2. The number of benzene rings is 1. The summed E-state index contributed by atoms with van der Waals surface area (Å²) in [6.07, 6.45) is 5.29. The van der Waals surface area contributed by atoms with E-state index in [2.05, 4.69) is 78.5 Å². The van der Waals surface area contributed by atoms with Gasteiger partial charge in [-0.2, -0.15) is 0 Å². The van der Waals surface area contributed by atoms with E-state index < -0.39 is 0 Å². The molecule has 1 aromatic carbocycles. The topological polar surface area (TPSA) is 13.0 Å². The zero-order valence-corrected chi connectivity index (χ0v) is 21.0. The fourth-order valence-corrected chi connectivity index (χ4v) is 5.88. The molecule has 0 radical (unpaired) electrons. The minimum atomic E-state index is 0.584. The molecule has 31 heavy (non-hydrogen) atoms. The standard InChI is InChI=1S/C27H48N4/c1-6-28-17-18-29(7-2)21-27(19-24-15-13-23(5)14-16-24)30(8-3)22-26-12-10-11-25(20-28)31(26)9-4/h13-16,25-27H,6-12,17-22H2,1-5H3/t25-,26+,27?/m1/s1. The summed E-state index contributed by atoms with van der Waals surface area (Å²) in [6, 6.07) is 11.3. The maximum atomic E-state index is 2.86. The Morgan fingerprint density at radius 2 is 1.35 bits per heavy atom. The van der Waals surface area contributed by atoms with Gasteiger partial charge in [-0.25, -0.2) is 0 Å². The summed E-state index contributed by atoms with van der Waals surface area (Å²) in [6.45, 7) is 22.3. The predicted octanol–water partition coefficient (Wildman–Crippen LogP) is 4.13. The van der Waals surface area contributed by atoms with Crippen LogP contribution in [-0.4, -0.2) is 96.6 Å². The lowest BCUT2D eigenvalue weighted by Crippen LogP contribution is -2.58. The highest BCUT2D eigenvalue weighted by Crippen LogP contribution is 2.26. The normalized spacial score (nSPS) is 28.2. The van der Waals surface area contributed by atoms with Gasteiger partial charge in [-0.05, 0) is 57.9 Å². The van der Waals surface area contributed by atoms with Crippen LogP contribution in [0.15, 0.2) is 24.3 Å². The number of likely N-dealkylation sites (N-methyl/N-ethyl adjacent to an activating group) is 4. The van der Waals surface area contributed by atoms with E-state index >= 15 is 0 Å². The highest BCUT2D eigenvalue weighted by Gasteiger charge is 2.33. The van der Waals surface area contributed by atoms with Gasteiger partial charge in [-0.3, -0.25) is 9.80 Å². The Balaban J connectivity index is 1.86. The van der Waals surface area contributed by atoms with Crippen molar-refractivity contribution in [2.45, 2.75) is 78.4 Å². The summed E-state index contributed by atoms with van der Waals surface area (Å²) < 4.78 is 0. The first-order valence-corrected chi connectivity index (χ1v) is 13.1. The van der Waals surface area contributed by atoms with Crippen molar-refractivity contribution in [3.63, 3.8) is 0 Å². The Bertz CT molecular complexity index is 631. The third-order valence-corrected chi connectivity index (χ3v) is 7.90. The van der Waals surface area contributed by atoms with Crippen molar-refractivity contribution in [1.29, 1.82) is 0 Å². The van der Waals surface area contributed by atoms with E-state index in [9.17, 15) is 0 Å². The van der Waals surface area contributed by atoms with Gasteiger partial charge in [0.2, 0.25) is 0 Å². The lowest BCUT2D eigenvalue weighted by Gasteiger charge is -2.47. The SMILES string of the molecule is CCN1CCN(CC)C[C@H]2CCC[C@@H](CN(CC)C(Cc3ccc(C)cc3)C1)N2CC. The Labute approximate surface area is 192 Å². The largest absolute Gasteiger partial charge is 0.301 e. The van der Waals surface area contributed by atoms with Crippen LogP contribution in [0.5, 0.6) is 0 Å². The van der Waals surface area contributed by atoms with E-state index in [-0.39, 0.29) is 0 Å². The first-order chi connectivity index (χ1) is 15.1. The molecular weight excluding hydrogens is 380 g/mol. The van der Waals surface area contributed by atoms with Crippen molar-refractivity contribution in [3.8, 4) is 0 Å². The molecule has 1 aromatic rings. The third kappa shape index (κ3) is 6.77. The van der Waals surface area contributed by atoms with Gasteiger partial charge in [0.1, 0.15) is 0 Å². The number of hydrogen-bond donors (Lipinski definition) is 0. The van der Waals surface area contributed by atoms with Gasteiger partial charge in [0.25, 0.3) is 0 Å². The molecule has 2 fully saturated rings. The van der Waals surface area contributed by atoms with Crippen molar-refractivity contribution in [2.24, 2.45) is 0 Å². The predicted molar refractivity (Wildman–Crippen MR) is 134 cm³/mol. The van der Waals surface area contributed by atoms with Crippen molar-refractivity contribution in [2.75, 3.05) is 58.9 Å². The summed E-state index contributed by atoms with van der Waals surface area (Å²) in [4.78, 5) is 11.1. The van der Waals surface area contributed by atoms with E-state index in [1.807, 2.05) is 0 Å². The molecule has 2 bridgehead atoms. The third-order valence-electron chi connectivity index (χ3n) is 7.90. The molecular formula is C27H48N4. The van der Waals surface area contributed by atoms with Gasteiger partial charge in [-0.15, -0.1) is 0 Å². The summed E-state index contributed by atoms with van der Waals surface area (Å²) in [7, 11) is 0. The van der Waals surface area contributed by atoms with Gasteiger partial charge in [-0.1, -0.05) is 63.9 Å². The van der Waals surface area contributed by atoms with Crippen LogP contribution in [-0.2, 0) is 6.42 Å². The summed E-state index contributed by atoms with van der Waals surface area (Å²) in [5, 5.41) is 0. The molecule has 0 saturated carbocycles. The Morgan fingerprint density at radius 1 is 0.742 bits per heavy atom. The monoisotopic (exact) mass is 428 g/mol. The average Bonchev–Trinajstić information content (AvgIpc) is 2.79. The smallest absolute Gasteiger partial charge is 0.0264 e. The first-order valence-electron chi connectivity index (χ1n) is 13.1. The zero-order chi connectivity index (χ0) is 22.2. The van der Waals surface area contributed by atoms with E-state index in [4.69, 9.17) is 0 Å². The molecule has 4 heteroatoms. The Kier molecular flexibility index (Phi) is 9.83. The molecule has 0 N–H and O–H groups in total. The Morgan fingerprint density at radius 3 is 1.94 bits per heavy atom. The highest BCUT2D eigenvalue weighted by atomic mass is 15.3. The van der Waals surface area contributed by atoms with E-state index in [0.717, 1.165) is 25.6 Å². The lowest BCUT2D eigenvalue weighted by atomic mass is 9.93. The molecule has 0 spiro atoms. The fraction of sp³-hybridized carbons (Fsp3) is 0.778. The highest BCUT2D eigenvalue weighted by molar-refractivity contribution is 5.22. The number of piperidine rings is 1. The van der Waals surface area contributed by atoms with Crippen LogP contribution in [0.25, 0.3) is 0 Å². The molecule has 2 saturated heterocycles. The van der Waals surface area contributed by atoms with Crippen molar-refractivity contribution in [1.82, 2.24) is 19.6 Å². The van der Waals surface area contributed by atoms with Gasteiger partial charge < -0.3 is 9.80 Å². The average molecular weight is 429 g/mol. The van der Waals surface area contributed by atoms with Gasteiger partial charge in [0, 0.05) is 50.8 Å². The van der Waals surface area contributed by atoms with Crippen LogP contribution in [0, 0.1) is 6.92 Å². The van der Waals surface area contributed by atoms with Crippen LogP contribution in [0.3, 0.4) is 0 Å². The molecule has 1 unspecified atom stereocenters. The fourth-order valence-electron chi connectivity index (χ4n) is 5.88. The minimum Gasteiger partial charge on any atom is -0.301 e. The van der Waals surface area contributed by atoms with Crippen molar-refractivity contribution < 1.29 is 0 Å². The van der Waals surface area contributed by atoms with Crippen LogP contribution in [0.1, 0.15) is 58.1 Å². The van der Waals surface area contributed by atoms with E-state index in [1.165, 1.54) is 76.2 Å². The molecule has 3 atom stereocenters. The number of aryl methyl sites for hydroxylation is 1. The minimum absolute atomic E-state index is 0.584. The van der Waals surface area contributed by atoms with Crippen molar-refractivity contribution in [3.05, 3.63) is 35.4 Å². The van der Waals surface area contributed by atoms with Crippen molar-refractivity contribution >= 4 is 0 Å². The van der Waals surface area contributed by atoms with Gasteiger partial charge in [0.15, 0.2) is 0 Å². The van der Waals surface area contributed by atoms with E-state index in [0.29, 0.717) is 12.1 Å². The number of rotatable bonds is 6. The molecule has 0 aromatic heterocycles. The van der Waals surface area contributed by atoms with Crippen LogP contribution < -0.4 is 0 Å². The van der Waals surface area contributed by atoms with Gasteiger partial charge in [0.05, 0.1) is 0 Å². The van der Waals surface area contributed by atoms with Crippen LogP contribution >= 0.6 is 0 Å². The summed E-state index contributed by atoms with van der Waals surface area (Å²) >= 11 is 0. The lowest BCUT2D eigenvalue weighted by molar-refractivity contribution is 0.0198. The maximum absolute atomic E-state index is 2.86. The second-order valence-corrected chi connectivity index (χ2v) is 9.79.